The molecule has 3 heterocycles. The van der Waals surface area contributed by atoms with Gasteiger partial charge in [0.2, 0.25) is 11.9 Å². The number of aliphatic hydroxyl groups is 1. The molecule has 3 aromatic rings. The molecule has 8 nitrogen and oxygen atoms in total. The molecule has 2 fully saturated rings. The van der Waals surface area contributed by atoms with Gasteiger partial charge in [0.15, 0.2) is 17.3 Å². The average molecular weight is 456 g/mol. The van der Waals surface area contributed by atoms with Gasteiger partial charge in [-0.25, -0.2) is 23.1 Å². The van der Waals surface area contributed by atoms with Crippen molar-refractivity contribution in [3.8, 4) is 0 Å². The van der Waals surface area contributed by atoms with E-state index in [1.165, 1.54) is 4.57 Å². The molecule has 32 heavy (non-hydrogen) atoms. The molecule has 170 valence electrons. The van der Waals surface area contributed by atoms with Gasteiger partial charge in [0, 0.05) is 33.0 Å². The number of nitrogens with zero attached hydrogens (tertiary/aromatic N) is 4. The highest BCUT2D eigenvalue weighted by Gasteiger charge is 2.27. The minimum Gasteiger partial charge on any atom is -0.393 e. The van der Waals surface area contributed by atoms with Crippen LogP contribution in [0, 0.1) is 17.5 Å². The first-order chi connectivity index (χ1) is 18.4. The summed E-state index contributed by atoms with van der Waals surface area (Å²) in [5.41, 5.74) is -0.544. The van der Waals surface area contributed by atoms with Crippen molar-refractivity contribution in [1.82, 2.24) is 19.5 Å². The Morgan fingerprint density at radius 3 is 2.72 bits per heavy atom. The van der Waals surface area contributed by atoms with Crippen LogP contribution in [0.3, 0.4) is 0 Å². The fourth-order valence-corrected chi connectivity index (χ4v) is 3.49. The Morgan fingerprint density at radius 1 is 1.16 bits per heavy atom. The summed E-state index contributed by atoms with van der Waals surface area (Å²) in [4.78, 5) is 12.5. The van der Waals surface area contributed by atoms with E-state index < -0.39 is 72.8 Å². The Labute approximate surface area is 193 Å². The zero-order valence-corrected chi connectivity index (χ0v) is 16.4. The molecule has 3 N–H and O–H groups in total. The van der Waals surface area contributed by atoms with Gasteiger partial charge < -0.3 is 20.5 Å². The molecule has 1 saturated carbocycles. The van der Waals surface area contributed by atoms with Crippen molar-refractivity contribution in [1.29, 1.82) is 0 Å². The van der Waals surface area contributed by atoms with Crippen LogP contribution in [0.1, 0.15) is 49.0 Å². The molecule has 2 aromatic heterocycles. The third-order valence-electron chi connectivity index (χ3n) is 4.97. The number of imidazole rings is 1. The Balaban J connectivity index is 1.58. The maximum Gasteiger partial charge on any atom is 0.224 e. The molecule has 0 spiro atoms. The van der Waals surface area contributed by atoms with Crippen molar-refractivity contribution in [2.45, 2.75) is 50.1 Å². The van der Waals surface area contributed by atoms with Gasteiger partial charge >= 0.3 is 0 Å². The third-order valence-corrected chi connectivity index (χ3v) is 4.97. The van der Waals surface area contributed by atoms with Crippen molar-refractivity contribution >= 4 is 28.7 Å². The smallest absolute Gasteiger partial charge is 0.224 e. The summed E-state index contributed by atoms with van der Waals surface area (Å²) in [5.74, 6) is -4.12. The van der Waals surface area contributed by atoms with Crippen LogP contribution in [-0.2, 0) is 4.74 Å². The van der Waals surface area contributed by atoms with E-state index in [2.05, 4.69) is 25.6 Å². The van der Waals surface area contributed by atoms with E-state index in [-0.39, 0.29) is 23.7 Å². The van der Waals surface area contributed by atoms with Crippen molar-refractivity contribution in [2.75, 3.05) is 23.8 Å². The van der Waals surface area contributed by atoms with Gasteiger partial charge in [-0.1, -0.05) is 0 Å². The van der Waals surface area contributed by atoms with Crippen LogP contribution in [0.25, 0.3) is 11.2 Å². The lowest BCUT2D eigenvalue weighted by Gasteiger charge is -2.26. The molecule has 0 amide bonds. The topological polar surface area (TPSA) is 97.1 Å². The van der Waals surface area contributed by atoms with Crippen molar-refractivity contribution in [3.05, 3.63) is 35.8 Å². The number of hydrogen-bond donors (Lipinski definition) is 3. The standard InChI is InChI=1S/C21H23F3N6O2/c22-11-7-15(23)18(16(24)8-11)28-21-27-17-9-25-20(26-12-1-3-14(31)4-2-12)29-19(17)30(21)13-5-6-32-10-13/h7-9,12-14,31H,1-6,10H2,(H,27,28)(H,25,26,29)/i1D2,3D2,4D2,12D,14D. The van der Waals surface area contributed by atoms with Crippen molar-refractivity contribution in [3.63, 3.8) is 0 Å². The molecular formula is C21H23F3N6O2. The Hall–Kier alpha value is -2.92. The number of nitrogens with one attached hydrogen (secondary N) is 2. The van der Waals surface area contributed by atoms with Gasteiger partial charge in [0.1, 0.15) is 17.0 Å². The Morgan fingerprint density at radius 2 is 1.97 bits per heavy atom. The quantitative estimate of drug-likeness (QED) is 0.539. The number of fused-ring (bicyclic) bond motifs is 1. The van der Waals surface area contributed by atoms with Crippen LogP contribution in [0.4, 0.5) is 30.8 Å². The molecule has 0 bridgehead atoms. The normalized spacial score (nSPS) is 36.6. The van der Waals surface area contributed by atoms with Crippen LogP contribution < -0.4 is 10.6 Å². The molecule has 5 rings (SSSR count). The van der Waals surface area contributed by atoms with Gasteiger partial charge in [-0.3, -0.25) is 4.57 Å². The van der Waals surface area contributed by atoms with Gasteiger partial charge in [-0.15, -0.1) is 0 Å². The van der Waals surface area contributed by atoms with E-state index >= 15 is 0 Å². The minimum absolute atomic E-state index is 0.0430. The Kier molecular flexibility index (Phi) is 3.63. The summed E-state index contributed by atoms with van der Waals surface area (Å²) in [6, 6.07) is -2.28. The van der Waals surface area contributed by atoms with Crippen LogP contribution in [0.2, 0.25) is 0 Å². The van der Waals surface area contributed by atoms with E-state index in [0.717, 1.165) is 6.20 Å². The van der Waals surface area contributed by atoms with Gasteiger partial charge in [0.05, 0.1) is 27.7 Å². The fourth-order valence-electron chi connectivity index (χ4n) is 3.49. The molecule has 0 radical (unpaired) electrons. The van der Waals surface area contributed by atoms with Crippen LogP contribution in [0.15, 0.2) is 18.3 Å². The summed E-state index contributed by atoms with van der Waals surface area (Å²) >= 11 is 0. The summed E-state index contributed by atoms with van der Waals surface area (Å²) in [5, 5.41) is 15.1. The highest BCUT2D eigenvalue weighted by Crippen LogP contribution is 2.32. The number of hydrogen-bond acceptors (Lipinski definition) is 7. The minimum atomic E-state index is -3.55. The van der Waals surface area contributed by atoms with Gasteiger partial charge in [-0.05, 0) is 32.0 Å². The number of aromatic nitrogens is 4. The maximum atomic E-state index is 14.4. The summed E-state index contributed by atoms with van der Waals surface area (Å²) in [6.07, 6.45) is -13.0. The first-order valence-electron chi connectivity index (χ1n) is 13.7. The van der Waals surface area contributed by atoms with Crippen LogP contribution in [-0.4, -0.2) is 49.9 Å². The van der Waals surface area contributed by atoms with E-state index in [1.54, 1.807) is 0 Å². The zero-order valence-electron chi connectivity index (χ0n) is 24.4. The molecule has 11 heteroatoms. The highest BCUT2D eigenvalue weighted by atomic mass is 19.1. The van der Waals surface area contributed by atoms with E-state index in [4.69, 9.17) is 15.7 Å². The average Bonchev–Trinajstić information content (AvgIpc) is 3.47. The molecule has 1 aliphatic heterocycles. The lowest BCUT2D eigenvalue weighted by molar-refractivity contribution is 0.126. The maximum absolute atomic E-state index is 14.4. The van der Waals surface area contributed by atoms with Crippen molar-refractivity contribution in [2.24, 2.45) is 0 Å². The second-order valence-corrected chi connectivity index (χ2v) is 7.15. The summed E-state index contributed by atoms with van der Waals surface area (Å²) in [6.45, 7) is 0.504. The summed E-state index contributed by atoms with van der Waals surface area (Å²) in [7, 11) is 0. The second kappa shape index (κ2) is 8.55. The van der Waals surface area contributed by atoms with E-state index in [1.807, 2.05) is 0 Å². The number of rotatable bonds is 5. The first kappa shape index (κ1) is 13.6. The van der Waals surface area contributed by atoms with Crippen LogP contribution in [0.5, 0.6) is 0 Å². The van der Waals surface area contributed by atoms with E-state index in [0.29, 0.717) is 25.2 Å². The molecule has 1 aromatic carbocycles. The Bertz CT molecular complexity index is 1460. The monoisotopic (exact) mass is 456 g/mol. The van der Waals surface area contributed by atoms with Gasteiger partial charge in [-0.2, -0.15) is 4.98 Å². The van der Waals surface area contributed by atoms with Crippen molar-refractivity contribution < 1.29 is 34.0 Å². The lowest BCUT2D eigenvalue weighted by atomic mass is 9.93. The SMILES string of the molecule is [2H]C1([2H])CC([2H])(Nc2ncc3nc(Nc4c(F)cc(F)cc4F)n(C4CCOC4)c3n2)C([2H])([2H])C([2H])([2H])C1([2H])O. The molecule has 1 aliphatic carbocycles. The van der Waals surface area contributed by atoms with E-state index in [9.17, 15) is 18.3 Å². The first-order valence-corrected chi connectivity index (χ1v) is 9.67. The van der Waals surface area contributed by atoms with Gasteiger partial charge in [0.25, 0.3) is 0 Å². The molecule has 2 aliphatic rings. The summed E-state index contributed by atoms with van der Waals surface area (Å²) < 4.78 is 114. The molecule has 3 atom stereocenters. The number of ether oxygens (including phenoxy) is 1. The second-order valence-electron chi connectivity index (χ2n) is 7.15. The zero-order chi connectivity index (χ0) is 29.5. The predicted octanol–water partition coefficient (Wildman–Crippen LogP) is 3.66. The number of halogens is 3. The highest BCUT2D eigenvalue weighted by molar-refractivity contribution is 5.76. The molecular weight excluding hydrogens is 425 g/mol. The van der Waals surface area contributed by atoms with Crippen LogP contribution >= 0.6 is 0 Å². The largest absolute Gasteiger partial charge is 0.393 e. The number of benzene rings is 1. The lowest BCUT2D eigenvalue weighted by Crippen LogP contribution is -2.29. The number of anilines is 3. The third kappa shape index (κ3) is 4.09. The molecule has 1 saturated heterocycles. The predicted molar refractivity (Wildman–Crippen MR) is 111 cm³/mol. The molecule has 3 unspecified atom stereocenters. The fraction of sp³-hybridized carbons (Fsp3) is 0.476.